The number of para-hydroxylation sites is 2. The lowest BCUT2D eigenvalue weighted by atomic mass is 10.2. The summed E-state index contributed by atoms with van der Waals surface area (Å²) in [6, 6.07) is 19.8. The molecule has 0 aliphatic heterocycles. The van der Waals surface area contributed by atoms with E-state index in [1.807, 2.05) is 30.3 Å². The molecule has 0 bridgehead atoms. The second-order valence-electron chi connectivity index (χ2n) is 4.74. The molecule has 0 aliphatic carbocycles. The zero-order valence-corrected chi connectivity index (χ0v) is 13.0. The van der Waals surface area contributed by atoms with Crippen molar-refractivity contribution in [3.63, 3.8) is 0 Å². The molecule has 0 saturated carbocycles. The maximum Gasteiger partial charge on any atom is 0.258 e. The minimum Gasteiger partial charge on any atom is -0.506 e. The Morgan fingerprint density at radius 3 is 2.48 bits per heavy atom. The van der Waals surface area contributed by atoms with Gasteiger partial charge in [-0.3, -0.25) is 4.79 Å². The van der Waals surface area contributed by atoms with Gasteiger partial charge in [-0.1, -0.05) is 42.1 Å². The van der Waals surface area contributed by atoms with Gasteiger partial charge in [-0.15, -0.1) is 0 Å². The Morgan fingerprint density at radius 1 is 0.957 bits per heavy atom. The molecule has 1 aromatic heterocycles. The van der Waals surface area contributed by atoms with Crippen molar-refractivity contribution in [2.24, 2.45) is 0 Å². The van der Waals surface area contributed by atoms with E-state index in [2.05, 4.69) is 10.3 Å². The molecule has 114 valence electrons. The molecule has 0 fully saturated rings. The van der Waals surface area contributed by atoms with Crippen molar-refractivity contribution in [2.45, 2.75) is 9.92 Å². The van der Waals surface area contributed by atoms with Crippen LogP contribution in [-0.4, -0.2) is 16.0 Å². The molecule has 23 heavy (non-hydrogen) atoms. The van der Waals surface area contributed by atoms with Gasteiger partial charge in [0.05, 0.1) is 11.3 Å². The molecular formula is C18H14N2O2S. The largest absolute Gasteiger partial charge is 0.506 e. The maximum atomic E-state index is 12.5. The van der Waals surface area contributed by atoms with Crippen LogP contribution >= 0.6 is 11.8 Å². The maximum absolute atomic E-state index is 12.5. The monoisotopic (exact) mass is 322 g/mol. The lowest BCUT2D eigenvalue weighted by Crippen LogP contribution is -2.13. The van der Waals surface area contributed by atoms with E-state index in [9.17, 15) is 9.90 Å². The third kappa shape index (κ3) is 3.70. The Labute approximate surface area is 138 Å². The molecule has 0 unspecified atom stereocenters. The van der Waals surface area contributed by atoms with Crippen LogP contribution in [0.3, 0.4) is 0 Å². The molecule has 4 nitrogen and oxygen atoms in total. The molecule has 2 N–H and O–H groups in total. The Hall–Kier alpha value is -2.79. The predicted molar refractivity (Wildman–Crippen MR) is 90.9 cm³/mol. The number of hydrogen-bond donors (Lipinski definition) is 2. The number of rotatable bonds is 4. The highest BCUT2D eigenvalue weighted by atomic mass is 32.2. The topological polar surface area (TPSA) is 62.2 Å². The SMILES string of the molecule is O=C(Nc1ccccc1O)c1cccnc1Sc1ccccc1. The Balaban J connectivity index is 1.85. The van der Waals surface area contributed by atoms with Gasteiger partial charge < -0.3 is 10.4 Å². The molecule has 3 aromatic rings. The summed E-state index contributed by atoms with van der Waals surface area (Å²) in [5.41, 5.74) is 0.835. The van der Waals surface area contributed by atoms with Crippen LogP contribution in [0.1, 0.15) is 10.4 Å². The average Bonchev–Trinajstić information content (AvgIpc) is 2.58. The fourth-order valence-electron chi connectivity index (χ4n) is 2.01. The first-order valence-electron chi connectivity index (χ1n) is 7.01. The number of carbonyl (C=O) groups is 1. The van der Waals surface area contributed by atoms with E-state index in [1.165, 1.54) is 17.8 Å². The average molecular weight is 322 g/mol. The van der Waals surface area contributed by atoms with E-state index in [4.69, 9.17) is 0 Å². The number of hydrogen-bond acceptors (Lipinski definition) is 4. The number of amides is 1. The predicted octanol–water partition coefficient (Wildman–Crippen LogP) is 4.19. The van der Waals surface area contributed by atoms with Crippen molar-refractivity contribution >= 4 is 23.4 Å². The molecule has 1 heterocycles. The highest BCUT2D eigenvalue weighted by Crippen LogP contribution is 2.29. The van der Waals surface area contributed by atoms with Crippen molar-refractivity contribution in [2.75, 3.05) is 5.32 Å². The van der Waals surface area contributed by atoms with E-state index in [-0.39, 0.29) is 11.7 Å². The summed E-state index contributed by atoms with van der Waals surface area (Å²) in [7, 11) is 0. The third-order valence-electron chi connectivity index (χ3n) is 3.13. The quantitative estimate of drug-likeness (QED) is 0.707. The number of phenols is 1. The van der Waals surface area contributed by atoms with Crippen molar-refractivity contribution in [1.29, 1.82) is 0 Å². The van der Waals surface area contributed by atoms with E-state index in [1.54, 1.807) is 36.5 Å². The first-order valence-corrected chi connectivity index (χ1v) is 7.83. The van der Waals surface area contributed by atoms with E-state index in [0.717, 1.165) is 4.90 Å². The first kappa shape index (κ1) is 15.1. The van der Waals surface area contributed by atoms with Crippen LogP contribution in [0.2, 0.25) is 0 Å². The highest BCUT2D eigenvalue weighted by molar-refractivity contribution is 7.99. The molecule has 2 aromatic carbocycles. The number of phenolic OH excluding ortho intramolecular Hbond substituents is 1. The van der Waals surface area contributed by atoms with Crippen molar-refractivity contribution in [3.8, 4) is 5.75 Å². The lowest BCUT2D eigenvalue weighted by molar-refractivity contribution is 0.102. The number of nitrogens with zero attached hydrogens (tertiary/aromatic N) is 1. The number of anilines is 1. The molecule has 0 saturated heterocycles. The van der Waals surface area contributed by atoms with Crippen LogP contribution in [0.5, 0.6) is 5.75 Å². The fourth-order valence-corrected chi connectivity index (χ4v) is 2.91. The fraction of sp³-hybridized carbons (Fsp3) is 0. The van der Waals surface area contributed by atoms with Crippen LogP contribution in [-0.2, 0) is 0 Å². The first-order chi connectivity index (χ1) is 11.2. The van der Waals surface area contributed by atoms with Gasteiger partial charge in [0.15, 0.2) is 0 Å². The minimum absolute atomic E-state index is 0.0296. The number of aromatic hydroxyl groups is 1. The number of nitrogens with one attached hydrogen (secondary N) is 1. The Morgan fingerprint density at radius 2 is 1.70 bits per heavy atom. The second kappa shape index (κ2) is 6.98. The van der Waals surface area contributed by atoms with Crippen LogP contribution in [0.25, 0.3) is 0 Å². The molecule has 0 radical (unpaired) electrons. The summed E-state index contributed by atoms with van der Waals surface area (Å²) < 4.78 is 0. The molecule has 0 atom stereocenters. The molecular weight excluding hydrogens is 308 g/mol. The van der Waals surface area contributed by atoms with Crippen molar-refractivity contribution < 1.29 is 9.90 Å². The number of carbonyl (C=O) groups excluding carboxylic acids is 1. The third-order valence-corrected chi connectivity index (χ3v) is 4.15. The van der Waals surface area contributed by atoms with Gasteiger partial charge in [-0.2, -0.15) is 0 Å². The van der Waals surface area contributed by atoms with Crippen molar-refractivity contribution in [1.82, 2.24) is 4.98 Å². The zero-order valence-electron chi connectivity index (χ0n) is 12.1. The van der Waals surface area contributed by atoms with Gasteiger partial charge in [0.25, 0.3) is 5.91 Å². The summed E-state index contributed by atoms with van der Waals surface area (Å²) in [4.78, 5) is 17.8. The van der Waals surface area contributed by atoms with Crippen LogP contribution in [0.4, 0.5) is 5.69 Å². The van der Waals surface area contributed by atoms with Gasteiger partial charge in [0, 0.05) is 11.1 Å². The van der Waals surface area contributed by atoms with Gasteiger partial charge in [-0.05, 0) is 36.4 Å². The van der Waals surface area contributed by atoms with Gasteiger partial charge in [-0.25, -0.2) is 4.98 Å². The molecule has 3 rings (SSSR count). The number of benzene rings is 2. The smallest absolute Gasteiger partial charge is 0.258 e. The number of aromatic nitrogens is 1. The standard InChI is InChI=1S/C18H14N2O2S/c21-16-11-5-4-10-15(16)20-17(22)14-9-6-12-19-18(14)23-13-7-2-1-3-8-13/h1-12,21H,(H,20,22). The van der Waals surface area contributed by atoms with Gasteiger partial charge in [0.2, 0.25) is 0 Å². The van der Waals surface area contributed by atoms with Crippen LogP contribution < -0.4 is 5.32 Å². The Bertz CT molecular complexity index is 822. The highest BCUT2D eigenvalue weighted by Gasteiger charge is 2.14. The van der Waals surface area contributed by atoms with Crippen molar-refractivity contribution in [3.05, 3.63) is 78.5 Å². The van der Waals surface area contributed by atoms with Gasteiger partial charge in [0.1, 0.15) is 10.8 Å². The van der Waals surface area contributed by atoms with Crippen LogP contribution in [0, 0.1) is 0 Å². The van der Waals surface area contributed by atoms with Crippen LogP contribution in [0.15, 0.2) is 82.8 Å². The summed E-state index contributed by atoms with van der Waals surface area (Å²) in [6.07, 6.45) is 1.65. The molecule has 5 heteroatoms. The van der Waals surface area contributed by atoms with Gasteiger partial charge >= 0.3 is 0 Å². The summed E-state index contributed by atoms with van der Waals surface area (Å²) in [5, 5.41) is 13.1. The molecule has 0 aliphatic rings. The molecule has 1 amide bonds. The Kier molecular flexibility index (Phi) is 4.59. The zero-order chi connectivity index (χ0) is 16.1. The minimum atomic E-state index is -0.307. The summed E-state index contributed by atoms with van der Waals surface area (Å²) in [5.74, 6) is -0.278. The van der Waals surface area contributed by atoms with E-state index < -0.39 is 0 Å². The summed E-state index contributed by atoms with van der Waals surface area (Å²) in [6.45, 7) is 0. The summed E-state index contributed by atoms with van der Waals surface area (Å²) >= 11 is 1.42. The normalized spacial score (nSPS) is 10.3. The molecule has 0 spiro atoms. The second-order valence-corrected chi connectivity index (χ2v) is 5.80. The van der Waals surface area contributed by atoms with E-state index >= 15 is 0 Å². The lowest BCUT2D eigenvalue weighted by Gasteiger charge is -2.10. The van der Waals surface area contributed by atoms with E-state index in [0.29, 0.717) is 16.3 Å². The number of pyridine rings is 1.